The number of allylic oxidation sites excluding steroid dienone is 3. The Labute approximate surface area is 164 Å². The van der Waals surface area contributed by atoms with Gasteiger partial charge in [0.15, 0.2) is 0 Å². The first-order valence-corrected chi connectivity index (χ1v) is 9.52. The summed E-state index contributed by atoms with van der Waals surface area (Å²) in [7, 11) is 0. The summed E-state index contributed by atoms with van der Waals surface area (Å²) in [6.45, 7) is 6.03. The van der Waals surface area contributed by atoms with E-state index in [1.54, 1.807) is 0 Å². The Balaban J connectivity index is 1.86. The van der Waals surface area contributed by atoms with Crippen LogP contribution in [-0.4, -0.2) is 0 Å². The van der Waals surface area contributed by atoms with E-state index in [1.807, 2.05) is 19.1 Å². The second-order valence-electron chi connectivity index (χ2n) is 6.97. The summed E-state index contributed by atoms with van der Waals surface area (Å²) >= 11 is 0. The van der Waals surface area contributed by atoms with Gasteiger partial charge in [-0.15, -0.1) is 0 Å². The number of rotatable bonds is 3. The Morgan fingerprint density at radius 1 is 0.750 bits per heavy atom. The van der Waals surface area contributed by atoms with Crippen molar-refractivity contribution in [1.29, 1.82) is 0 Å². The Kier molecular flexibility index (Phi) is 3.87. The van der Waals surface area contributed by atoms with Gasteiger partial charge in [0.25, 0.3) is 0 Å². The maximum atomic E-state index is 6.34. The van der Waals surface area contributed by atoms with Gasteiger partial charge in [-0.05, 0) is 58.2 Å². The first kappa shape index (κ1) is 16.6. The van der Waals surface area contributed by atoms with E-state index in [-0.39, 0.29) is 0 Å². The van der Waals surface area contributed by atoms with E-state index in [0.717, 1.165) is 33.3 Å². The van der Waals surface area contributed by atoms with Gasteiger partial charge in [-0.25, -0.2) is 0 Å². The lowest BCUT2D eigenvalue weighted by atomic mass is 9.94. The standard InChI is InChI=1S/C27H20O/c1-3-18(4-2)24-17-26-27(22-13-9-8-12-21(22)24)23-15-14-20(16-25(23)28-26)19-10-6-5-7-11-19/h3-17H,1H2,2H3/b18-4+. The lowest BCUT2D eigenvalue weighted by Crippen LogP contribution is -1.85. The fourth-order valence-electron chi connectivity index (χ4n) is 4.07. The van der Waals surface area contributed by atoms with Crippen LogP contribution in [0.15, 0.2) is 102 Å². The van der Waals surface area contributed by atoms with Crippen LogP contribution in [0.4, 0.5) is 0 Å². The van der Waals surface area contributed by atoms with Crippen LogP contribution in [-0.2, 0) is 0 Å². The zero-order chi connectivity index (χ0) is 19.1. The van der Waals surface area contributed by atoms with Crippen LogP contribution in [0.1, 0.15) is 12.5 Å². The molecule has 5 rings (SSSR count). The molecular formula is C27H20O. The highest BCUT2D eigenvalue weighted by Crippen LogP contribution is 2.39. The molecule has 0 fully saturated rings. The summed E-state index contributed by atoms with van der Waals surface area (Å²) in [6.07, 6.45) is 4.00. The van der Waals surface area contributed by atoms with Gasteiger partial charge in [0.05, 0.1) is 0 Å². The number of furan rings is 1. The molecule has 0 unspecified atom stereocenters. The van der Waals surface area contributed by atoms with Gasteiger partial charge < -0.3 is 4.42 Å². The topological polar surface area (TPSA) is 13.1 Å². The highest BCUT2D eigenvalue weighted by molar-refractivity contribution is 6.21. The zero-order valence-corrected chi connectivity index (χ0v) is 15.8. The minimum absolute atomic E-state index is 0.912. The van der Waals surface area contributed by atoms with Crippen molar-refractivity contribution in [2.45, 2.75) is 6.92 Å². The van der Waals surface area contributed by atoms with Crippen molar-refractivity contribution in [2.75, 3.05) is 0 Å². The van der Waals surface area contributed by atoms with Crippen LogP contribution < -0.4 is 0 Å². The van der Waals surface area contributed by atoms with Gasteiger partial charge in [0.2, 0.25) is 0 Å². The first-order valence-electron chi connectivity index (χ1n) is 9.52. The normalized spacial score (nSPS) is 12.1. The molecule has 1 aromatic heterocycles. The van der Waals surface area contributed by atoms with Crippen molar-refractivity contribution in [3.63, 3.8) is 0 Å². The first-order chi connectivity index (χ1) is 13.8. The van der Waals surface area contributed by atoms with Gasteiger partial charge in [0, 0.05) is 10.8 Å². The third-order valence-electron chi connectivity index (χ3n) is 5.43. The summed E-state index contributed by atoms with van der Waals surface area (Å²) in [5.74, 6) is 0. The second kappa shape index (κ2) is 6.54. The van der Waals surface area contributed by atoms with Gasteiger partial charge >= 0.3 is 0 Å². The predicted molar refractivity (Wildman–Crippen MR) is 121 cm³/mol. The molecule has 5 aromatic rings. The van der Waals surface area contributed by atoms with Crippen molar-refractivity contribution >= 4 is 38.3 Å². The predicted octanol–water partition coefficient (Wildman–Crippen LogP) is 8.00. The second-order valence-corrected chi connectivity index (χ2v) is 6.97. The zero-order valence-electron chi connectivity index (χ0n) is 15.8. The van der Waals surface area contributed by atoms with Crippen LogP contribution in [0, 0.1) is 0 Å². The summed E-state index contributed by atoms with van der Waals surface area (Å²) in [5.41, 5.74) is 6.45. The maximum Gasteiger partial charge on any atom is 0.136 e. The SMILES string of the molecule is C=C/C(=C\C)c1cc2oc3cc(-c4ccccc4)ccc3c2c2ccccc12. The molecule has 4 aromatic carbocycles. The third-order valence-corrected chi connectivity index (χ3v) is 5.43. The van der Waals surface area contributed by atoms with E-state index in [0.29, 0.717) is 0 Å². The molecule has 134 valence electrons. The lowest BCUT2D eigenvalue weighted by Gasteiger charge is -2.08. The van der Waals surface area contributed by atoms with E-state index in [1.165, 1.54) is 21.7 Å². The van der Waals surface area contributed by atoms with Crippen molar-refractivity contribution in [3.05, 3.63) is 103 Å². The fraction of sp³-hybridized carbons (Fsp3) is 0.0370. The Bertz CT molecular complexity index is 1370. The van der Waals surface area contributed by atoms with Gasteiger partial charge in [-0.3, -0.25) is 0 Å². The van der Waals surface area contributed by atoms with Crippen molar-refractivity contribution in [1.82, 2.24) is 0 Å². The van der Waals surface area contributed by atoms with Gasteiger partial charge in [-0.1, -0.05) is 79.4 Å². The Morgan fingerprint density at radius 2 is 1.50 bits per heavy atom. The molecule has 0 saturated heterocycles. The molecule has 0 spiro atoms. The Hall–Kier alpha value is -3.58. The van der Waals surface area contributed by atoms with E-state index < -0.39 is 0 Å². The fourth-order valence-corrected chi connectivity index (χ4v) is 4.07. The minimum atomic E-state index is 0.912. The van der Waals surface area contributed by atoms with Crippen LogP contribution in [0.3, 0.4) is 0 Å². The largest absolute Gasteiger partial charge is 0.456 e. The van der Waals surface area contributed by atoms with Crippen LogP contribution in [0.25, 0.3) is 49.4 Å². The average molecular weight is 360 g/mol. The smallest absolute Gasteiger partial charge is 0.136 e. The lowest BCUT2D eigenvalue weighted by molar-refractivity contribution is 0.669. The molecule has 0 atom stereocenters. The average Bonchev–Trinajstić information content (AvgIpc) is 3.13. The van der Waals surface area contributed by atoms with Gasteiger partial charge in [-0.2, -0.15) is 0 Å². The maximum absolute atomic E-state index is 6.34. The molecule has 1 nitrogen and oxygen atoms in total. The number of hydrogen-bond donors (Lipinski definition) is 0. The molecule has 1 heterocycles. The number of benzene rings is 4. The summed E-state index contributed by atoms with van der Waals surface area (Å²) < 4.78 is 6.34. The molecule has 0 bridgehead atoms. The van der Waals surface area contributed by atoms with E-state index in [4.69, 9.17) is 4.42 Å². The summed E-state index contributed by atoms with van der Waals surface area (Å²) in [5, 5.41) is 4.76. The molecule has 0 N–H and O–H groups in total. The monoisotopic (exact) mass is 360 g/mol. The molecule has 0 saturated carbocycles. The number of fused-ring (bicyclic) bond motifs is 5. The van der Waals surface area contributed by atoms with Crippen molar-refractivity contribution < 1.29 is 4.42 Å². The molecule has 0 aliphatic rings. The molecule has 1 heteroatoms. The number of hydrogen-bond acceptors (Lipinski definition) is 1. The van der Waals surface area contributed by atoms with Gasteiger partial charge in [0.1, 0.15) is 11.2 Å². The van der Waals surface area contributed by atoms with Crippen molar-refractivity contribution in [3.8, 4) is 11.1 Å². The Morgan fingerprint density at radius 3 is 2.25 bits per heavy atom. The quantitative estimate of drug-likeness (QED) is 0.297. The molecular weight excluding hydrogens is 340 g/mol. The van der Waals surface area contributed by atoms with Crippen LogP contribution >= 0.6 is 0 Å². The highest BCUT2D eigenvalue weighted by Gasteiger charge is 2.15. The minimum Gasteiger partial charge on any atom is -0.456 e. The van der Waals surface area contributed by atoms with E-state index >= 15 is 0 Å². The molecule has 0 aliphatic carbocycles. The highest BCUT2D eigenvalue weighted by atomic mass is 16.3. The summed E-state index contributed by atoms with van der Waals surface area (Å²) in [6, 6.07) is 27.6. The molecule has 28 heavy (non-hydrogen) atoms. The van der Waals surface area contributed by atoms with E-state index in [2.05, 4.69) is 85.5 Å². The van der Waals surface area contributed by atoms with Crippen molar-refractivity contribution in [2.24, 2.45) is 0 Å². The molecule has 0 aliphatic heterocycles. The summed E-state index contributed by atoms with van der Waals surface area (Å²) in [4.78, 5) is 0. The van der Waals surface area contributed by atoms with Crippen LogP contribution in [0.5, 0.6) is 0 Å². The molecule has 0 amide bonds. The molecule has 0 radical (unpaired) electrons. The third kappa shape index (κ3) is 2.48. The van der Waals surface area contributed by atoms with E-state index in [9.17, 15) is 0 Å². The van der Waals surface area contributed by atoms with Crippen LogP contribution in [0.2, 0.25) is 0 Å².